The lowest BCUT2D eigenvalue weighted by Crippen LogP contribution is -2.36. The number of terminal acetylenes is 1. The van der Waals surface area contributed by atoms with Gasteiger partial charge in [0.2, 0.25) is 10.0 Å². The van der Waals surface area contributed by atoms with Crippen LogP contribution >= 0.6 is 0 Å². The summed E-state index contributed by atoms with van der Waals surface area (Å²) in [7, 11) is -3.68. The van der Waals surface area contributed by atoms with Gasteiger partial charge in [-0.1, -0.05) is 31.2 Å². The Morgan fingerprint density at radius 1 is 1.27 bits per heavy atom. The van der Waals surface area contributed by atoms with Gasteiger partial charge in [-0.3, -0.25) is 4.79 Å². The Hall–Kier alpha value is -1.84. The molecule has 0 aromatic heterocycles. The minimum atomic E-state index is -3.68. The highest BCUT2D eigenvalue weighted by molar-refractivity contribution is 7.89. The van der Waals surface area contributed by atoms with Gasteiger partial charge in [0.25, 0.3) is 5.91 Å². The number of hydrogen-bond donors (Lipinski definition) is 2. The van der Waals surface area contributed by atoms with Gasteiger partial charge in [-0.2, -0.15) is 4.72 Å². The molecular weight excluding hydrogens is 300 g/mol. The zero-order valence-corrected chi connectivity index (χ0v) is 13.2. The van der Waals surface area contributed by atoms with E-state index in [-0.39, 0.29) is 23.4 Å². The van der Waals surface area contributed by atoms with Crippen molar-refractivity contribution < 1.29 is 13.2 Å². The van der Waals surface area contributed by atoms with E-state index in [0.717, 1.165) is 25.7 Å². The van der Waals surface area contributed by atoms with Gasteiger partial charge in [0, 0.05) is 11.6 Å². The van der Waals surface area contributed by atoms with E-state index in [4.69, 9.17) is 6.42 Å². The van der Waals surface area contributed by atoms with Crippen LogP contribution in [0.15, 0.2) is 29.2 Å². The molecule has 2 N–H and O–H groups in total. The molecule has 0 heterocycles. The molecule has 0 aliphatic heterocycles. The molecule has 2 rings (SSSR count). The summed E-state index contributed by atoms with van der Waals surface area (Å²) in [6, 6.07) is 6.16. The Morgan fingerprint density at radius 2 is 2.00 bits per heavy atom. The third-order valence-electron chi connectivity index (χ3n) is 3.71. The molecule has 118 valence electrons. The number of amides is 1. The van der Waals surface area contributed by atoms with Gasteiger partial charge < -0.3 is 5.32 Å². The molecule has 22 heavy (non-hydrogen) atoms. The number of rotatable bonds is 5. The molecule has 1 aromatic rings. The maximum atomic E-state index is 12.2. The lowest BCUT2D eigenvalue weighted by molar-refractivity contribution is 0.0927. The van der Waals surface area contributed by atoms with E-state index in [2.05, 4.69) is 16.0 Å². The second-order valence-corrected chi connectivity index (χ2v) is 7.13. The van der Waals surface area contributed by atoms with Gasteiger partial charge in [-0.25, -0.2) is 8.42 Å². The Bertz CT molecular complexity index is 671. The molecule has 1 aliphatic rings. The summed E-state index contributed by atoms with van der Waals surface area (Å²) >= 11 is 0. The molecule has 1 amide bonds. The second kappa shape index (κ2) is 7.43. The monoisotopic (exact) mass is 320 g/mol. The molecule has 0 radical (unpaired) electrons. The molecule has 0 spiro atoms. The van der Waals surface area contributed by atoms with Crippen LogP contribution in [0.5, 0.6) is 0 Å². The molecule has 0 unspecified atom stereocenters. The van der Waals surface area contributed by atoms with Gasteiger partial charge in [0.1, 0.15) is 0 Å². The Morgan fingerprint density at radius 3 is 2.68 bits per heavy atom. The van der Waals surface area contributed by atoms with Crippen molar-refractivity contribution in [2.24, 2.45) is 0 Å². The third kappa shape index (κ3) is 4.33. The van der Waals surface area contributed by atoms with Crippen LogP contribution in [0.2, 0.25) is 0 Å². The summed E-state index contributed by atoms with van der Waals surface area (Å²) < 4.78 is 26.3. The fraction of sp³-hybridized carbons (Fsp3) is 0.438. The van der Waals surface area contributed by atoms with Gasteiger partial charge >= 0.3 is 0 Å². The van der Waals surface area contributed by atoms with Crippen LogP contribution in [0.1, 0.15) is 42.5 Å². The van der Waals surface area contributed by atoms with Crippen molar-refractivity contribution in [2.45, 2.75) is 43.0 Å². The summed E-state index contributed by atoms with van der Waals surface area (Å²) in [4.78, 5) is 12.3. The zero-order chi connectivity index (χ0) is 16.0. The predicted molar refractivity (Wildman–Crippen MR) is 84.8 cm³/mol. The highest BCUT2D eigenvalue weighted by Gasteiger charge is 2.19. The average Bonchev–Trinajstić information content (AvgIpc) is 2.54. The van der Waals surface area contributed by atoms with Crippen LogP contribution in [-0.4, -0.2) is 26.9 Å². The second-order valence-electron chi connectivity index (χ2n) is 5.36. The van der Waals surface area contributed by atoms with Crippen molar-refractivity contribution in [1.82, 2.24) is 10.0 Å². The summed E-state index contributed by atoms with van der Waals surface area (Å²) in [5.41, 5.74) is 0.342. The van der Waals surface area contributed by atoms with Crippen LogP contribution in [0.4, 0.5) is 0 Å². The fourth-order valence-electron chi connectivity index (χ4n) is 2.54. The molecule has 0 saturated heterocycles. The molecule has 0 atom stereocenters. The highest BCUT2D eigenvalue weighted by atomic mass is 32.2. The van der Waals surface area contributed by atoms with Crippen LogP contribution in [0.25, 0.3) is 0 Å². The van der Waals surface area contributed by atoms with Crippen molar-refractivity contribution in [3.8, 4) is 12.3 Å². The quantitative estimate of drug-likeness (QED) is 0.810. The van der Waals surface area contributed by atoms with Gasteiger partial charge in [-0.05, 0) is 31.0 Å². The maximum Gasteiger partial charge on any atom is 0.251 e. The molecule has 1 saturated carbocycles. The van der Waals surface area contributed by atoms with E-state index >= 15 is 0 Å². The lowest BCUT2D eigenvalue weighted by Gasteiger charge is -2.22. The maximum absolute atomic E-state index is 12.2. The molecule has 1 aliphatic carbocycles. The number of carbonyl (C=O) groups is 1. The van der Waals surface area contributed by atoms with E-state index in [1.54, 1.807) is 12.1 Å². The van der Waals surface area contributed by atoms with Crippen LogP contribution in [-0.2, 0) is 10.0 Å². The minimum absolute atomic E-state index is 0.0408. The van der Waals surface area contributed by atoms with Crippen LogP contribution < -0.4 is 10.0 Å². The third-order valence-corrected chi connectivity index (χ3v) is 5.11. The Balaban J connectivity index is 2.10. The van der Waals surface area contributed by atoms with Crippen molar-refractivity contribution in [3.05, 3.63) is 29.8 Å². The number of sulfonamides is 1. The molecule has 0 bridgehead atoms. The summed E-state index contributed by atoms with van der Waals surface area (Å²) in [5, 5.41) is 2.97. The number of carbonyl (C=O) groups excluding carboxylic acids is 1. The van der Waals surface area contributed by atoms with Crippen LogP contribution in [0.3, 0.4) is 0 Å². The van der Waals surface area contributed by atoms with Crippen molar-refractivity contribution in [1.29, 1.82) is 0 Å². The normalized spacial score (nSPS) is 16.0. The smallest absolute Gasteiger partial charge is 0.251 e. The first kappa shape index (κ1) is 16.5. The van der Waals surface area contributed by atoms with Gasteiger partial charge in [-0.15, -0.1) is 6.42 Å². The SMILES string of the molecule is C#CCNS(=O)(=O)c1cccc(C(=O)NC2CCCCC2)c1. The van der Waals surface area contributed by atoms with Gasteiger partial charge in [0.05, 0.1) is 11.4 Å². The topological polar surface area (TPSA) is 75.3 Å². The first-order chi connectivity index (χ1) is 10.5. The molecule has 1 fully saturated rings. The molecule has 1 aromatic carbocycles. The Labute approximate surface area is 131 Å². The standard InChI is InChI=1S/C16H20N2O3S/c1-2-11-17-22(20,21)15-10-6-7-13(12-15)16(19)18-14-8-4-3-5-9-14/h1,6-7,10,12,14,17H,3-5,8-9,11H2,(H,18,19). The molecule has 6 heteroatoms. The minimum Gasteiger partial charge on any atom is -0.349 e. The van der Waals surface area contributed by atoms with E-state index in [0.29, 0.717) is 5.56 Å². The van der Waals surface area contributed by atoms with Crippen molar-refractivity contribution in [2.75, 3.05) is 6.54 Å². The Kier molecular flexibility index (Phi) is 5.58. The summed E-state index contributed by atoms with van der Waals surface area (Å²) in [6.45, 7) is -0.0825. The largest absolute Gasteiger partial charge is 0.349 e. The average molecular weight is 320 g/mol. The van der Waals surface area contributed by atoms with E-state index in [1.807, 2.05) is 0 Å². The molecule has 5 nitrogen and oxygen atoms in total. The molecular formula is C16H20N2O3S. The lowest BCUT2D eigenvalue weighted by atomic mass is 9.95. The first-order valence-electron chi connectivity index (χ1n) is 7.37. The van der Waals surface area contributed by atoms with Crippen molar-refractivity contribution >= 4 is 15.9 Å². The van der Waals surface area contributed by atoms with E-state index < -0.39 is 10.0 Å². The zero-order valence-electron chi connectivity index (χ0n) is 12.3. The van der Waals surface area contributed by atoms with Crippen LogP contribution in [0, 0.1) is 12.3 Å². The van der Waals surface area contributed by atoms with Crippen molar-refractivity contribution in [3.63, 3.8) is 0 Å². The highest BCUT2D eigenvalue weighted by Crippen LogP contribution is 2.18. The van der Waals surface area contributed by atoms with E-state index in [9.17, 15) is 13.2 Å². The summed E-state index contributed by atoms with van der Waals surface area (Å²) in [6.07, 6.45) is 10.5. The fourth-order valence-corrected chi connectivity index (χ4v) is 3.52. The number of nitrogens with one attached hydrogen (secondary N) is 2. The number of benzene rings is 1. The van der Waals surface area contributed by atoms with Gasteiger partial charge in [0.15, 0.2) is 0 Å². The van der Waals surface area contributed by atoms with E-state index in [1.165, 1.54) is 18.6 Å². The first-order valence-corrected chi connectivity index (χ1v) is 8.85. The number of hydrogen-bond acceptors (Lipinski definition) is 3. The summed E-state index contributed by atoms with van der Waals surface area (Å²) in [5.74, 6) is 1.98. The predicted octanol–water partition coefficient (Wildman–Crippen LogP) is 1.66.